The summed E-state index contributed by atoms with van der Waals surface area (Å²) < 4.78 is 37.8. The van der Waals surface area contributed by atoms with Gasteiger partial charge in [0.1, 0.15) is 5.82 Å². The van der Waals surface area contributed by atoms with Crippen molar-refractivity contribution >= 4 is 26.6 Å². The highest BCUT2D eigenvalue weighted by molar-refractivity contribution is 7.91. The topological polar surface area (TPSA) is 71.4 Å². The highest BCUT2D eigenvalue weighted by atomic mass is 32.2. The second-order valence-electron chi connectivity index (χ2n) is 6.80. The Balaban J connectivity index is 2.09. The van der Waals surface area contributed by atoms with Crippen molar-refractivity contribution in [2.24, 2.45) is 0 Å². The third-order valence-corrected chi connectivity index (χ3v) is 6.74. The normalized spacial score (nSPS) is 11.7. The molecule has 3 aromatic rings. The molecule has 0 amide bonds. The molecule has 0 aliphatic rings. The fraction of sp³-hybridized carbons (Fsp3) is 0.227. The summed E-state index contributed by atoms with van der Waals surface area (Å²) in [7, 11) is -3.27. The molecule has 0 spiro atoms. The lowest BCUT2D eigenvalue weighted by Crippen LogP contribution is -2.06. The Hall–Kier alpha value is -2.73. The van der Waals surface area contributed by atoms with Crippen LogP contribution in [0.2, 0.25) is 0 Å². The molecule has 6 heteroatoms. The van der Waals surface area contributed by atoms with Gasteiger partial charge in [-0.1, -0.05) is 31.2 Å². The van der Waals surface area contributed by atoms with Gasteiger partial charge >= 0.3 is 5.97 Å². The molecule has 0 aliphatic carbocycles. The number of aliphatic carboxylic acids is 1. The van der Waals surface area contributed by atoms with Crippen LogP contribution in [0.1, 0.15) is 29.2 Å². The molecule has 0 heterocycles. The number of hydrogen-bond donors (Lipinski definition) is 1. The summed E-state index contributed by atoms with van der Waals surface area (Å²) in [6, 6.07) is 12.9. The molecule has 1 N–H and O–H groups in total. The van der Waals surface area contributed by atoms with Crippen LogP contribution in [0.25, 0.3) is 10.8 Å². The second-order valence-corrected chi connectivity index (χ2v) is 9.08. The number of fused-ring (bicyclic) bond motifs is 1. The zero-order chi connectivity index (χ0) is 20.5. The Morgan fingerprint density at radius 2 is 1.75 bits per heavy atom. The van der Waals surface area contributed by atoms with E-state index in [0.29, 0.717) is 12.0 Å². The predicted octanol–water partition coefficient (Wildman–Crippen LogP) is 4.30. The summed E-state index contributed by atoms with van der Waals surface area (Å²) in [5.41, 5.74) is 3.22. The summed E-state index contributed by atoms with van der Waals surface area (Å²) in [6.07, 6.45) is 0.339. The summed E-state index contributed by atoms with van der Waals surface area (Å²) in [6.45, 7) is 3.44. The Bertz CT molecular complexity index is 1150. The molecular formula is C22H21FO4S. The van der Waals surface area contributed by atoms with Crippen LogP contribution in [-0.2, 0) is 27.5 Å². The highest BCUT2D eigenvalue weighted by Crippen LogP contribution is 2.29. The van der Waals surface area contributed by atoms with E-state index in [1.54, 1.807) is 43.3 Å². The first-order chi connectivity index (χ1) is 13.2. The van der Waals surface area contributed by atoms with E-state index in [-0.39, 0.29) is 22.9 Å². The van der Waals surface area contributed by atoms with Gasteiger partial charge in [-0.15, -0.1) is 0 Å². The van der Waals surface area contributed by atoms with Crippen molar-refractivity contribution in [2.75, 3.05) is 5.75 Å². The molecule has 3 rings (SSSR count). The summed E-state index contributed by atoms with van der Waals surface area (Å²) in [5.74, 6) is -1.25. The summed E-state index contributed by atoms with van der Waals surface area (Å²) >= 11 is 0. The van der Waals surface area contributed by atoms with Gasteiger partial charge < -0.3 is 5.11 Å². The van der Waals surface area contributed by atoms with Gasteiger partial charge in [0.25, 0.3) is 0 Å². The maximum atomic E-state index is 13.9. The Kier molecular flexibility index (Phi) is 5.52. The minimum absolute atomic E-state index is 0.0343. The molecule has 4 nitrogen and oxygen atoms in total. The van der Waals surface area contributed by atoms with Gasteiger partial charge in [0.05, 0.1) is 17.1 Å². The van der Waals surface area contributed by atoms with Gasteiger partial charge in [-0.05, 0) is 70.6 Å². The number of halogens is 1. The van der Waals surface area contributed by atoms with Crippen molar-refractivity contribution < 1.29 is 22.7 Å². The van der Waals surface area contributed by atoms with E-state index in [9.17, 15) is 22.7 Å². The quantitative estimate of drug-likeness (QED) is 0.670. The molecule has 3 aromatic carbocycles. The molecule has 0 unspecified atom stereocenters. The molecule has 0 saturated carbocycles. The Morgan fingerprint density at radius 3 is 2.36 bits per heavy atom. The van der Waals surface area contributed by atoms with Gasteiger partial charge in [0.2, 0.25) is 0 Å². The highest BCUT2D eigenvalue weighted by Gasteiger charge is 2.15. The molecule has 146 valence electrons. The van der Waals surface area contributed by atoms with Crippen molar-refractivity contribution in [3.8, 4) is 0 Å². The van der Waals surface area contributed by atoms with Gasteiger partial charge in [-0.2, -0.15) is 0 Å². The molecular weight excluding hydrogens is 379 g/mol. The van der Waals surface area contributed by atoms with E-state index in [1.807, 2.05) is 6.92 Å². The fourth-order valence-electron chi connectivity index (χ4n) is 3.37. The minimum atomic E-state index is -3.27. The largest absolute Gasteiger partial charge is 0.481 e. The number of benzene rings is 3. The van der Waals surface area contributed by atoms with Crippen LogP contribution in [0.15, 0.2) is 53.4 Å². The van der Waals surface area contributed by atoms with Crippen molar-refractivity contribution in [1.29, 1.82) is 0 Å². The van der Waals surface area contributed by atoms with Crippen molar-refractivity contribution in [2.45, 2.75) is 31.6 Å². The zero-order valence-electron chi connectivity index (χ0n) is 15.7. The van der Waals surface area contributed by atoms with Gasteiger partial charge in [-0.3, -0.25) is 4.79 Å². The van der Waals surface area contributed by atoms with Crippen LogP contribution < -0.4 is 0 Å². The number of rotatable bonds is 6. The zero-order valence-corrected chi connectivity index (χ0v) is 16.5. The SMILES string of the molecule is CCS(=O)(=O)c1ccc(Cc2c(C)c(CC(=O)O)cc3ccc(F)cc23)cc1. The lowest BCUT2D eigenvalue weighted by Gasteiger charge is -2.15. The first kappa shape index (κ1) is 20.0. The molecule has 0 bridgehead atoms. The van der Waals surface area contributed by atoms with Gasteiger partial charge in [0, 0.05) is 0 Å². The van der Waals surface area contributed by atoms with E-state index in [1.165, 1.54) is 12.1 Å². The van der Waals surface area contributed by atoms with Crippen LogP contribution in [0.5, 0.6) is 0 Å². The maximum absolute atomic E-state index is 13.9. The van der Waals surface area contributed by atoms with Crippen LogP contribution in [0, 0.1) is 12.7 Å². The van der Waals surface area contributed by atoms with Crippen molar-refractivity contribution in [3.63, 3.8) is 0 Å². The van der Waals surface area contributed by atoms with Crippen LogP contribution in [-0.4, -0.2) is 25.2 Å². The van der Waals surface area contributed by atoms with Gasteiger partial charge in [-0.25, -0.2) is 12.8 Å². The number of hydrogen-bond acceptors (Lipinski definition) is 3. The average molecular weight is 400 g/mol. The van der Waals surface area contributed by atoms with E-state index in [0.717, 1.165) is 27.5 Å². The monoisotopic (exact) mass is 400 g/mol. The number of carbonyl (C=O) groups is 1. The van der Waals surface area contributed by atoms with Crippen LogP contribution in [0.3, 0.4) is 0 Å². The lowest BCUT2D eigenvalue weighted by atomic mass is 9.90. The summed E-state index contributed by atoms with van der Waals surface area (Å²) in [5, 5.41) is 10.7. The van der Waals surface area contributed by atoms with Gasteiger partial charge in [0.15, 0.2) is 9.84 Å². The van der Waals surface area contributed by atoms with Crippen LogP contribution in [0.4, 0.5) is 4.39 Å². The van der Waals surface area contributed by atoms with E-state index >= 15 is 0 Å². The smallest absolute Gasteiger partial charge is 0.307 e. The molecule has 0 aromatic heterocycles. The summed E-state index contributed by atoms with van der Waals surface area (Å²) in [4.78, 5) is 11.5. The van der Waals surface area contributed by atoms with Crippen molar-refractivity contribution in [3.05, 3.63) is 76.6 Å². The molecule has 0 fully saturated rings. The van der Waals surface area contributed by atoms with E-state index in [4.69, 9.17) is 0 Å². The Labute approximate surface area is 163 Å². The number of carboxylic acid groups (broad SMARTS) is 1. The standard InChI is InChI=1S/C22H21FO4S/c1-3-28(26,27)19-8-4-15(5-9-19)10-20-14(2)17(12-22(24)25)11-16-6-7-18(23)13-21(16)20/h4-9,11,13H,3,10,12H2,1-2H3,(H,24,25). The molecule has 0 aliphatic heterocycles. The van der Waals surface area contributed by atoms with Crippen molar-refractivity contribution in [1.82, 2.24) is 0 Å². The first-order valence-electron chi connectivity index (χ1n) is 8.95. The van der Waals surface area contributed by atoms with E-state index in [2.05, 4.69) is 0 Å². The third-order valence-electron chi connectivity index (χ3n) is 4.99. The first-order valence-corrected chi connectivity index (χ1v) is 10.6. The van der Waals surface area contributed by atoms with Crippen LogP contribution >= 0.6 is 0 Å². The number of sulfone groups is 1. The molecule has 0 saturated heterocycles. The maximum Gasteiger partial charge on any atom is 0.307 e. The molecule has 28 heavy (non-hydrogen) atoms. The molecule has 0 radical (unpaired) electrons. The second kappa shape index (κ2) is 7.72. The minimum Gasteiger partial charge on any atom is -0.481 e. The lowest BCUT2D eigenvalue weighted by molar-refractivity contribution is -0.136. The predicted molar refractivity (Wildman–Crippen MR) is 107 cm³/mol. The molecule has 0 atom stereocenters. The van der Waals surface area contributed by atoms with E-state index < -0.39 is 15.8 Å². The fourth-order valence-corrected chi connectivity index (χ4v) is 4.25. The number of carboxylic acids is 1. The Morgan fingerprint density at radius 1 is 1.07 bits per heavy atom. The average Bonchev–Trinajstić information content (AvgIpc) is 2.65. The third kappa shape index (κ3) is 4.07.